The van der Waals surface area contributed by atoms with E-state index in [4.69, 9.17) is 13.8 Å². The minimum atomic E-state index is -4.47. The Labute approximate surface area is 563 Å². The first-order chi connectivity index (χ1) is 44.4. The fourth-order valence-electron chi connectivity index (χ4n) is 10.9. The van der Waals surface area contributed by atoms with Gasteiger partial charge in [-0.3, -0.25) is 18.6 Å². The van der Waals surface area contributed by atoms with Crippen LogP contribution in [-0.2, 0) is 27.9 Å². The molecule has 10 heteroatoms. The average molecular weight is 1290 g/mol. The topological polar surface area (TPSA) is 111 Å². The van der Waals surface area contributed by atoms with Gasteiger partial charge in [-0.05, 0) is 115 Å². The third-order valence-electron chi connectivity index (χ3n) is 16.7. The molecule has 526 valence electrons. The van der Waals surface area contributed by atoms with Crippen LogP contribution in [0.4, 0.5) is 0 Å². The molecule has 0 aromatic heterocycles. The third-order valence-corrected chi connectivity index (χ3v) is 17.7. The van der Waals surface area contributed by atoms with E-state index in [1.54, 1.807) is 0 Å². The number of ether oxygens (including phenoxy) is 1. The Morgan fingerprint density at radius 1 is 0.396 bits per heavy atom. The Bertz CT molecular complexity index is 1930. The standard InChI is InChI=1S/C81H145N2O7P/c1-7-10-13-16-19-22-25-28-30-32-34-36-38-40-41-43-44-46-48-50-52-55-58-61-64-67-70-73-80(84)82-78(77-89-91(86,87)88-76-75-83(4,5)6)79(72-69-66-63-60-57-54-27-24-21-18-15-12-9-3)90-81(85)74-71-68-65-62-59-56-53-51-49-47-45-42-39-37-35-33-31-29-26-23-20-17-14-11-8-2/h11,14,19-20,22-23,28-31,34-37,42,45,69,72,78-79H,7-10,12-13,15-18,21,24-27,32-33,38-41,43-44,46-68,70-71,73-77H2,1-6H3,(H-,82,84,86,87)/p+1/b14-11-,22-19-,23-20-,30-28-,31-29-,36-34-,37-35-,45-42-,72-69+. The summed E-state index contributed by atoms with van der Waals surface area (Å²) in [5.74, 6) is -0.506. The highest BCUT2D eigenvalue weighted by Gasteiger charge is 2.30. The van der Waals surface area contributed by atoms with Crippen molar-refractivity contribution < 1.29 is 37.3 Å². The first-order valence-electron chi connectivity index (χ1n) is 38.2. The molecule has 9 nitrogen and oxygen atoms in total. The second-order valence-electron chi connectivity index (χ2n) is 26.8. The van der Waals surface area contributed by atoms with E-state index in [1.165, 1.54) is 193 Å². The van der Waals surface area contributed by atoms with Crippen molar-refractivity contribution in [2.24, 2.45) is 0 Å². The lowest BCUT2D eigenvalue weighted by Gasteiger charge is -2.27. The van der Waals surface area contributed by atoms with Gasteiger partial charge in [-0.2, -0.15) is 0 Å². The number of hydrogen-bond acceptors (Lipinski definition) is 6. The van der Waals surface area contributed by atoms with Crippen LogP contribution in [0, 0.1) is 0 Å². The quantitative estimate of drug-likeness (QED) is 0.0205. The zero-order valence-electron chi connectivity index (χ0n) is 60.3. The van der Waals surface area contributed by atoms with Crippen molar-refractivity contribution in [2.75, 3.05) is 40.9 Å². The molecule has 91 heavy (non-hydrogen) atoms. The van der Waals surface area contributed by atoms with Crippen molar-refractivity contribution in [1.82, 2.24) is 5.32 Å². The lowest BCUT2D eigenvalue weighted by molar-refractivity contribution is -0.870. The maximum Gasteiger partial charge on any atom is 0.472 e. The highest BCUT2D eigenvalue weighted by molar-refractivity contribution is 7.47. The molecular formula is C81H146N2O7P+. The van der Waals surface area contributed by atoms with E-state index in [1.807, 2.05) is 33.3 Å². The van der Waals surface area contributed by atoms with Gasteiger partial charge in [0.2, 0.25) is 5.91 Å². The first kappa shape index (κ1) is 87.7. The number of phosphoric ester groups is 1. The summed E-state index contributed by atoms with van der Waals surface area (Å²) in [5.41, 5.74) is 0. The molecule has 0 aromatic carbocycles. The van der Waals surface area contributed by atoms with Gasteiger partial charge in [-0.15, -0.1) is 0 Å². The molecule has 0 fully saturated rings. The number of likely N-dealkylation sites (N-methyl/N-ethyl adjacent to an activating group) is 1. The van der Waals surface area contributed by atoms with E-state index in [9.17, 15) is 19.0 Å². The maximum atomic E-state index is 13.7. The normalized spacial score (nSPS) is 14.1. The van der Waals surface area contributed by atoms with Crippen LogP contribution in [0.5, 0.6) is 0 Å². The number of quaternary nitrogens is 1. The Kier molecular flexibility index (Phi) is 67.0. The minimum absolute atomic E-state index is 0.0355. The van der Waals surface area contributed by atoms with Crippen LogP contribution < -0.4 is 5.32 Å². The van der Waals surface area contributed by atoms with Crippen LogP contribution in [0.3, 0.4) is 0 Å². The van der Waals surface area contributed by atoms with Crippen molar-refractivity contribution in [2.45, 2.75) is 354 Å². The molecule has 1 amide bonds. The molecule has 0 bridgehead atoms. The van der Waals surface area contributed by atoms with E-state index in [0.29, 0.717) is 17.4 Å². The predicted molar refractivity (Wildman–Crippen MR) is 397 cm³/mol. The number of allylic oxidation sites excluding steroid dienone is 17. The summed E-state index contributed by atoms with van der Waals surface area (Å²) in [4.78, 5) is 38.0. The molecule has 0 heterocycles. The summed E-state index contributed by atoms with van der Waals surface area (Å²) in [5, 5.41) is 3.08. The van der Waals surface area contributed by atoms with Crippen LogP contribution in [0.15, 0.2) is 109 Å². The largest absolute Gasteiger partial charge is 0.472 e. The van der Waals surface area contributed by atoms with Crippen LogP contribution in [-0.4, -0.2) is 74.3 Å². The number of amides is 1. The van der Waals surface area contributed by atoms with Crippen LogP contribution in [0.2, 0.25) is 0 Å². The number of hydrogen-bond donors (Lipinski definition) is 2. The first-order valence-corrected chi connectivity index (χ1v) is 39.7. The lowest BCUT2D eigenvalue weighted by Crippen LogP contribution is -2.47. The van der Waals surface area contributed by atoms with Crippen molar-refractivity contribution >= 4 is 19.7 Å². The van der Waals surface area contributed by atoms with Crippen LogP contribution >= 0.6 is 7.82 Å². The van der Waals surface area contributed by atoms with Crippen LogP contribution in [0.25, 0.3) is 0 Å². The third kappa shape index (κ3) is 70.8. The minimum Gasteiger partial charge on any atom is -0.456 e. The molecule has 0 rings (SSSR count). The molecule has 0 saturated carbocycles. The predicted octanol–water partition coefficient (Wildman–Crippen LogP) is 24.8. The van der Waals surface area contributed by atoms with Gasteiger partial charge in [0, 0.05) is 12.8 Å². The summed E-state index contributed by atoms with van der Waals surface area (Å²) in [6, 6.07) is -0.859. The summed E-state index contributed by atoms with van der Waals surface area (Å²) in [6.45, 7) is 6.90. The van der Waals surface area contributed by atoms with Gasteiger partial charge in [0.05, 0.1) is 33.8 Å². The number of nitrogens with zero attached hydrogens (tertiary/aromatic N) is 1. The smallest absolute Gasteiger partial charge is 0.456 e. The van der Waals surface area contributed by atoms with E-state index in [0.717, 1.165) is 116 Å². The fraction of sp³-hybridized carbons (Fsp3) is 0.753. The maximum absolute atomic E-state index is 13.7. The summed E-state index contributed by atoms with van der Waals surface area (Å²) < 4.78 is 30.9. The van der Waals surface area contributed by atoms with E-state index in [-0.39, 0.29) is 31.5 Å². The molecule has 3 atom stereocenters. The number of carbonyl (C=O) groups excluding carboxylic acids is 2. The van der Waals surface area contributed by atoms with Gasteiger partial charge in [0.15, 0.2) is 0 Å². The van der Waals surface area contributed by atoms with Gasteiger partial charge < -0.3 is 19.4 Å². The van der Waals surface area contributed by atoms with E-state index in [2.05, 4.69) is 123 Å². The molecular weight excluding hydrogens is 1140 g/mol. The second kappa shape index (κ2) is 69.5. The van der Waals surface area contributed by atoms with Crippen molar-refractivity contribution in [3.05, 3.63) is 109 Å². The highest BCUT2D eigenvalue weighted by Crippen LogP contribution is 2.43. The number of rotatable bonds is 69. The second-order valence-corrected chi connectivity index (χ2v) is 28.2. The Hall–Kier alpha value is -3.33. The summed E-state index contributed by atoms with van der Waals surface area (Å²) in [6.07, 6.45) is 96.8. The molecule has 0 aromatic rings. The Morgan fingerprint density at radius 2 is 0.703 bits per heavy atom. The molecule has 0 aliphatic rings. The lowest BCUT2D eigenvalue weighted by atomic mass is 10.0. The van der Waals surface area contributed by atoms with Gasteiger partial charge in [-0.1, -0.05) is 323 Å². The molecule has 0 saturated heterocycles. The Balaban J connectivity index is 5.03. The molecule has 2 N–H and O–H groups in total. The van der Waals surface area contributed by atoms with Crippen LogP contribution in [0.1, 0.15) is 342 Å². The zero-order valence-corrected chi connectivity index (χ0v) is 61.2. The van der Waals surface area contributed by atoms with Gasteiger partial charge >= 0.3 is 13.8 Å². The number of carbonyl (C=O) groups is 2. The van der Waals surface area contributed by atoms with Gasteiger partial charge in [-0.25, -0.2) is 4.57 Å². The molecule has 0 radical (unpaired) electrons. The summed E-state index contributed by atoms with van der Waals surface area (Å²) in [7, 11) is 1.49. The molecule has 0 aliphatic heterocycles. The number of unbranched alkanes of at least 4 members (excludes halogenated alkanes) is 37. The SMILES string of the molecule is CC/C=C\C/C=C\C/C=C\C/C=C\C/C=C\CCCCCCCCCCCC(=O)OC(/C=C/CCCCCCCCCCCCC)C(COP(=O)(O)OCC[N+](C)(C)C)NC(=O)CCCCCCCCCCCCCCCC/C=C\C/C=C\C/C=C\CCCCC. The number of esters is 1. The van der Waals surface area contributed by atoms with Gasteiger partial charge in [0.1, 0.15) is 19.3 Å². The van der Waals surface area contributed by atoms with Crippen molar-refractivity contribution in [1.29, 1.82) is 0 Å². The Morgan fingerprint density at radius 3 is 1.08 bits per heavy atom. The van der Waals surface area contributed by atoms with Crippen molar-refractivity contribution in [3.63, 3.8) is 0 Å². The van der Waals surface area contributed by atoms with E-state index >= 15 is 0 Å². The highest BCUT2D eigenvalue weighted by atomic mass is 31.2. The average Bonchev–Trinajstić information content (AvgIpc) is 3.70. The molecule has 3 unspecified atom stereocenters. The van der Waals surface area contributed by atoms with Gasteiger partial charge in [0.25, 0.3) is 0 Å². The number of nitrogens with one attached hydrogen (secondary N) is 1. The number of phosphoric acid groups is 1. The molecule has 0 aliphatic carbocycles. The summed E-state index contributed by atoms with van der Waals surface area (Å²) >= 11 is 0. The van der Waals surface area contributed by atoms with E-state index < -0.39 is 20.0 Å². The zero-order chi connectivity index (χ0) is 66.3. The fourth-order valence-corrected chi connectivity index (χ4v) is 11.6. The molecule has 0 spiro atoms. The monoisotopic (exact) mass is 1290 g/mol. The van der Waals surface area contributed by atoms with Crippen molar-refractivity contribution in [3.8, 4) is 0 Å².